The van der Waals surface area contributed by atoms with Gasteiger partial charge in [-0.25, -0.2) is 4.68 Å². The van der Waals surface area contributed by atoms with Gasteiger partial charge in [-0.2, -0.15) is 0 Å². The molecule has 1 aliphatic rings. The molecule has 0 radical (unpaired) electrons. The minimum Gasteiger partial charge on any atom is -0.315 e. The Bertz CT molecular complexity index is 289. The molecule has 2 atom stereocenters. The van der Waals surface area contributed by atoms with Crippen molar-refractivity contribution < 1.29 is 0 Å². The van der Waals surface area contributed by atoms with Gasteiger partial charge in [0.15, 0.2) is 0 Å². The summed E-state index contributed by atoms with van der Waals surface area (Å²) in [7, 11) is 1.93. The molecule has 14 heavy (non-hydrogen) atoms. The summed E-state index contributed by atoms with van der Waals surface area (Å²) in [6.07, 6.45) is 3.19. The molecule has 0 saturated carbocycles. The average molecular weight is 195 g/mol. The minimum atomic E-state index is 0.276. The maximum Gasteiger partial charge on any atom is 0.0993 e. The van der Waals surface area contributed by atoms with Crippen molar-refractivity contribution in [2.24, 2.45) is 0 Å². The van der Waals surface area contributed by atoms with E-state index in [-0.39, 0.29) is 6.04 Å². The van der Waals surface area contributed by atoms with Gasteiger partial charge in [0, 0.05) is 12.6 Å². The van der Waals surface area contributed by atoms with Crippen molar-refractivity contribution >= 4 is 0 Å². The Kier molecular flexibility index (Phi) is 2.79. The fourth-order valence-corrected chi connectivity index (χ4v) is 1.68. The molecule has 5 nitrogen and oxygen atoms in total. The third-order valence-corrected chi connectivity index (χ3v) is 2.81. The van der Waals surface area contributed by atoms with Gasteiger partial charge in [-0.1, -0.05) is 5.21 Å². The molecule has 2 rings (SSSR count). The summed E-state index contributed by atoms with van der Waals surface area (Å²) in [6.45, 7) is 4.18. The van der Waals surface area contributed by atoms with Crippen LogP contribution in [0, 0.1) is 0 Å². The summed E-state index contributed by atoms with van der Waals surface area (Å²) in [5.74, 6) is 0. The molecule has 2 N–H and O–H groups in total. The monoisotopic (exact) mass is 195 g/mol. The van der Waals surface area contributed by atoms with Crippen molar-refractivity contribution in [3.8, 4) is 0 Å². The van der Waals surface area contributed by atoms with Crippen molar-refractivity contribution in [2.45, 2.75) is 25.4 Å². The predicted molar refractivity (Wildman–Crippen MR) is 54.0 cm³/mol. The average Bonchev–Trinajstić information content (AvgIpc) is 2.86. The van der Waals surface area contributed by atoms with E-state index in [1.807, 2.05) is 17.9 Å². The maximum absolute atomic E-state index is 4.15. The Hall–Kier alpha value is -0.940. The lowest BCUT2D eigenvalue weighted by atomic mass is 10.2. The van der Waals surface area contributed by atoms with Gasteiger partial charge in [0.1, 0.15) is 0 Å². The second-order valence-electron chi connectivity index (χ2n) is 3.78. The molecule has 0 unspecified atom stereocenters. The fourth-order valence-electron chi connectivity index (χ4n) is 1.68. The number of aromatic nitrogens is 3. The largest absolute Gasteiger partial charge is 0.315 e. The van der Waals surface area contributed by atoms with Crippen LogP contribution in [0.15, 0.2) is 6.20 Å². The van der Waals surface area contributed by atoms with E-state index < -0.39 is 0 Å². The fraction of sp³-hybridized carbons (Fsp3) is 0.778. The zero-order valence-corrected chi connectivity index (χ0v) is 8.70. The minimum absolute atomic E-state index is 0.276. The third kappa shape index (κ3) is 1.78. The Morgan fingerprint density at radius 1 is 1.71 bits per heavy atom. The molecule has 0 amide bonds. The lowest BCUT2D eigenvalue weighted by Crippen LogP contribution is -2.14. The molecule has 1 aromatic rings. The quantitative estimate of drug-likeness (QED) is 0.718. The van der Waals surface area contributed by atoms with Crippen LogP contribution in [0.5, 0.6) is 0 Å². The van der Waals surface area contributed by atoms with Crippen LogP contribution in [0.4, 0.5) is 0 Å². The summed E-state index contributed by atoms with van der Waals surface area (Å²) >= 11 is 0. The van der Waals surface area contributed by atoms with Crippen LogP contribution >= 0.6 is 0 Å². The van der Waals surface area contributed by atoms with Crippen molar-refractivity contribution in [3.05, 3.63) is 11.9 Å². The van der Waals surface area contributed by atoms with Crippen molar-refractivity contribution in [3.63, 3.8) is 0 Å². The van der Waals surface area contributed by atoms with Gasteiger partial charge in [0.05, 0.1) is 17.9 Å². The van der Waals surface area contributed by atoms with E-state index >= 15 is 0 Å². The van der Waals surface area contributed by atoms with E-state index in [9.17, 15) is 0 Å². The van der Waals surface area contributed by atoms with Gasteiger partial charge < -0.3 is 10.6 Å². The lowest BCUT2D eigenvalue weighted by Gasteiger charge is -2.07. The molecule has 0 aromatic carbocycles. The van der Waals surface area contributed by atoms with E-state index in [2.05, 4.69) is 27.9 Å². The van der Waals surface area contributed by atoms with E-state index in [1.54, 1.807) is 0 Å². The summed E-state index contributed by atoms with van der Waals surface area (Å²) in [4.78, 5) is 0. The predicted octanol–water partition coefficient (Wildman–Crippen LogP) is 0.0929. The maximum atomic E-state index is 4.15. The molecule has 0 spiro atoms. The second-order valence-corrected chi connectivity index (χ2v) is 3.78. The van der Waals surface area contributed by atoms with Crippen LogP contribution in [0.2, 0.25) is 0 Å². The first kappa shape index (κ1) is 9.61. The number of rotatable bonds is 3. The first-order valence-electron chi connectivity index (χ1n) is 5.11. The molecule has 1 aliphatic heterocycles. The van der Waals surface area contributed by atoms with Gasteiger partial charge in [-0.3, -0.25) is 0 Å². The molecule has 1 aromatic heterocycles. The smallest absolute Gasteiger partial charge is 0.0993 e. The number of hydrogen-bond acceptors (Lipinski definition) is 4. The van der Waals surface area contributed by atoms with Crippen molar-refractivity contribution in [1.29, 1.82) is 0 Å². The molecule has 5 heteroatoms. The number of nitrogens with one attached hydrogen (secondary N) is 2. The van der Waals surface area contributed by atoms with Gasteiger partial charge in [0.25, 0.3) is 0 Å². The molecule has 78 valence electrons. The van der Waals surface area contributed by atoms with Gasteiger partial charge in [-0.15, -0.1) is 5.10 Å². The Morgan fingerprint density at radius 3 is 3.21 bits per heavy atom. The normalized spacial score (nSPS) is 24.0. The van der Waals surface area contributed by atoms with Crippen LogP contribution in [0.25, 0.3) is 0 Å². The van der Waals surface area contributed by atoms with Crippen LogP contribution in [0.1, 0.15) is 31.1 Å². The van der Waals surface area contributed by atoms with Crippen LogP contribution < -0.4 is 10.6 Å². The van der Waals surface area contributed by atoms with E-state index in [4.69, 9.17) is 0 Å². The lowest BCUT2D eigenvalue weighted by molar-refractivity contribution is 0.476. The molecular formula is C9H17N5. The van der Waals surface area contributed by atoms with E-state index in [1.165, 1.54) is 0 Å². The summed E-state index contributed by atoms with van der Waals surface area (Å²) in [5, 5.41) is 14.8. The molecule has 2 heterocycles. The Labute approximate surface area is 83.9 Å². The molecular weight excluding hydrogens is 178 g/mol. The topological polar surface area (TPSA) is 54.8 Å². The van der Waals surface area contributed by atoms with Gasteiger partial charge in [-0.05, 0) is 26.9 Å². The highest BCUT2D eigenvalue weighted by atomic mass is 15.4. The molecule has 0 bridgehead atoms. The second kappa shape index (κ2) is 4.06. The standard InChI is InChI=1S/C9H17N5/c1-7(10-2)9-6-14(13-12-9)8-3-4-11-5-8/h6-8,10-11H,3-5H2,1-2H3/t7-,8+/m1/s1. The van der Waals surface area contributed by atoms with Gasteiger partial charge in [0.2, 0.25) is 0 Å². The summed E-state index contributed by atoms with van der Waals surface area (Å²) in [5.41, 5.74) is 1.01. The van der Waals surface area contributed by atoms with E-state index in [0.717, 1.165) is 25.2 Å². The first-order valence-corrected chi connectivity index (χ1v) is 5.11. The van der Waals surface area contributed by atoms with Crippen LogP contribution in [-0.4, -0.2) is 35.1 Å². The Morgan fingerprint density at radius 2 is 2.57 bits per heavy atom. The zero-order valence-electron chi connectivity index (χ0n) is 8.70. The highest BCUT2D eigenvalue weighted by Gasteiger charge is 2.18. The number of nitrogens with zero attached hydrogens (tertiary/aromatic N) is 3. The third-order valence-electron chi connectivity index (χ3n) is 2.81. The molecule has 1 fully saturated rings. The summed E-state index contributed by atoms with van der Waals surface area (Å²) < 4.78 is 1.98. The highest BCUT2D eigenvalue weighted by Crippen LogP contribution is 2.15. The molecule has 1 saturated heterocycles. The SMILES string of the molecule is CN[C@H](C)c1cn([C@H]2CCNC2)nn1. The van der Waals surface area contributed by atoms with Gasteiger partial charge >= 0.3 is 0 Å². The van der Waals surface area contributed by atoms with Crippen molar-refractivity contribution in [2.75, 3.05) is 20.1 Å². The van der Waals surface area contributed by atoms with Crippen LogP contribution in [-0.2, 0) is 0 Å². The highest BCUT2D eigenvalue weighted by molar-refractivity contribution is 4.99. The Balaban J connectivity index is 2.08. The summed E-state index contributed by atoms with van der Waals surface area (Å²) in [6, 6.07) is 0.762. The molecule has 0 aliphatic carbocycles. The van der Waals surface area contributed by atoms with Crippen LogP contribution in [0.3, 0.4) is 0 Å². The van der Waals surface area contributed by atoms with E-state index in [0.29, 0.717) is 6.04 Å². The number of hydrogen-bond donors (Lipinski definition) is 2. The van der Waals surface area contributed by atoms with Crippen molar-refractivity contribution in [1.82, 2.24) is 25.6 Å². The first-order chi connectivity index (χ1) is 6.81. The zero-order chi connectivity index (χ0) is 9.97.